The highest BCUT2D eigenvalue weighted by Crippen LogP contribution is 2.19. The van der Waals surface area contributed by atoms with Crippen LogP contribution in [0.3, 0.4) is 0 Å². The van der Waals surface area contributed by atoms with E-state index in [9.17, 15) is 14.4 Å². The molecule has 0 radical (unpaired) electrons. The molecule has 0 bridgehead atoms. The lowest BCUT2D eigenvalue weighted by molar-refractivity contribution is -0.117. The van der Waals surface area contributed by atoms with Crippen molar-refractivity contribution >= 4 is 34.8 Å². The van der Waals surface area contributed by atoms with Crippen LogP contribution in [0.5, 0.6) is 0 Å². The minimum atomic E-state index is -0.158. The number of hydrogen-bond donors (Lipinski definition) is 2. The van der Waals surface area contributed by atoms with Crippen LogP contribution in [0.25, 0.3) is 0 Å². The second-order valence-corrected chi connectivity index (χ2v) is 6.25. The van der Waals surface area contributed by atoms with Crippen LogP contribution < -0.4 is 15.5 Å². The van der Waals surface area contributed by atoms with Gasteiger partial charge in [-0.05, 0) is 48.4 Å². The van der Waals surface area contributed by atoms with Gasteiger partial charge in [0.2, 0.25) is 17.7 Å². The Labute approximate surface area is 159 Å². The van der Waals surface area contributed by atoms with Crippen LogP contribution in [0.15, 0.2) is 48.5 Å². The van der Waals surface area contributed by atoms with Crippen LogP contribution in [-0.2, 0) is 20.8 Å². The molecule has 0 spiro atoms. The van der Waals surface area contributed by atoms with Gasteiger partial charge in [0, 0.05) is 43.9 Å². The molecular weight excluding hydrogens is 342 g/mol. The molecule has 0 aliphatic carbocycles. The number of amides is 3. The van der Waals surface area contributed by atoms with Gasteiger partial charge < -0.3 is 15.5 Å². The summed E-state index contributed by atoms with van der Waals surface area (Å²) in [6.07, 6.45) is 1.13. The van der Waals surface area contributed by atoms with E-state index in [-0.39, 0.29) is 30.7 Å². The number of hydrogen-bond acceptors (Lipinski definition) is 3. The molecule has 0 aliphatic rings. The molecule has 0 aliphatic heterocycles. The van der Waals surface area contributed by atoms with E-state index in [0.717, 1.165) is 12.1 Å². The molecule has 6 nitrogen and oxygen atoms in total. The maximum absolute atomic E-state index is 12.2. The number of carbonyl (C=O) groups excluding carboxylic acids is 3. The van der Waals surface area contributed by atoms with Crippen LogP contribution in [0.1, 0.15) is 32.8 Å². The second-order valence-electron chi connectivity index (χ2n) is 6.25. The van der Waals surface area contributed by atoms with E-state index < -0.39 is 0 Å². The van der Waals surface area contributed by atoms with Crippen molar-refractivity contribution in [1.82, 2.24) is 0 Å². The topological polar surface area (TPSA) is 78.5 Å². The van der Waals surface area contributed by atoms with E-state index in [0.29, 0.717) is 11.4 Å². The van der Waals surface area contributed by atoms with Gasteiger partial charge in [0.15, 0.2) is 0 Å². The molecule has 3 amide bonds. The molecule has 2 aromatic rings. The average molecular weight is 367 g/mol. The highest BCUT2D eigenvalue weighted by molar-refractivity contribution is 5.95. The van der Waals surface area contributed by atoms with Gasteiger partial charge in [-0.25, -0.2) is 0 Å². The molecule has 0 atom stereocenters. The SMILES string of the molecule is CCc1ccc(NC(=O)CCN(C(C)=O)c2ccc(NC(C)=O)cc2)cc1. The Bertz CT molecular complexity index is 798. The molecule has 0 heterocycles. The van der Waals surface area contributed by atoms with E-state index >= 15 is 0 Å². The van der Waals surface area contributed by atoms with E-state index in [1.165, 1.54) is 24.3 Å². The van der Waals surface area contributed by atoms with E-state index in [4.69, 9.17) is 0 Å². The summed E-state index contributed by atoms with van der Waals surface area (Å²) in [4.78, 5) is 36.8. The predicted octanol–water partition coefficient (Wildman–Crippen LogP) is 3.59. The minimum Gasteiger partial charge on any atom is -0.326 e. The Morgan fingerprint density at radius 2 is 1.41 bits per heavy atom. The molecular formula is C21H25N3O3. The molecule has 2 rings (SSSR count). The van der Waals surface area contributed by atoms with Crippen LogP contribution in [0.4, 0.5) is 17.1 Å². The lowest BCUT2D eigenvalue weighted by Gasteiger charge is -2.21. The summed E-state index contributed by atoms with van der Waals surface area (Å²) in [5.74, 6) is -0.461. The number of aryl methyl sites for hydroxylation is 1. The zero-order valence-corrected chi connectivity index (χ0v) is 15.9. The summed E-state index contributed by atoms with van der Waals surface area (Å²) in [5, 5.41) is 5.52. The quantitative estimate of drug-likeness (QED) is 0.785. The van der Waals surface area contributed by atoms with Gasteiger partial charge in [0.05, 0.1) is 0 Å². The number of anilines is 3. The van der Waals surface area contributed by atoms with Gasteiger partial charge in [0.1, 0.15) is 0 Å². The van der Waals surface area contributed by atoms with Gasteiger partial charge in [-0.1, -0.05) is 19.1 Å². The monoisotopic (exact) mass is 367 g/mol. The molecule has 0 aromatic heterocycles. The first-order valence-electron chi connectivity index (χ1n) is 8.93. The Hall–Kier alpha value is -3.15. The largest absolute Gasteiger partial charge is 0.326 e. The normalized spacial score (nSPS) is 10.2. The maximum Gasteiger partial charge on any atom is 0.226 e. The first-order chi connectivity index (χ1) is 12.9. The first-order valence-corrected chi connectivity index (χ1v) is 8.93. The molecule has 142 valence electrons. The fourth-order valence-electron chi connectivity index (χ4n) is 2.66. The van der Waals surface area contributed by atoms with Crippen molar-refractivity contribution in [2.45, 2.75) is 33.6 Å². The predicted molar refractivity (Wildman–Crippen MR) is 108 cm³/mol. The molecule has 0 saturated heterocycles. The molecule has 0 unspecified atom stereocenters. The van der Waals surface area contributed by atoms with E-state index in [1.54, 1.807) is 24.3 Å². The molecule has 0 fully saturated rings. The molecule has 2 aromatic carbocycles. The summed E-state index contributed by atoms with van der Waals surface area (Å²) in [6, 6.07) is 14.6. The van der Waals surface area contributed by atoms with Gasteiger partial charge in [-0.3, -0.25) is 14.4 Å². The Morgan fingerprint density at radius 3 is 1.93 bits per heavy atom. The van der Waals surface area contributed by atoms with Gasteiger partial charge >= 0.3 is 0 Å². The molecule has 27 heavy (non-hydrogen) atoms. The molecule has 6 heteroatoms. The highest BCUT2D eigenvalue weighted by Gasteiger charge is 2.14. The third kappa shape index (κ3) is 6.26. The zero-order chi connectivity index (χ0) is 19.8. The molecule has 2 N–H and O–H groups in total. The van der Waals surface area contributed by atoms with Crippen molar-refractivity contribution < 1.29 is 14.4 Å². The lowest BCUT2D eigenvalue weighted by atomic mass is 10.1. The smallest absolute Gasteiger partial charge is 0.226 e. The number of nitrogens with zero attached hydrogens (tertiary/aromatic N) is 1. The third-order valence-corrected chi connectivity index (χ3v) is 4.09. The Morgan fingerprint density at radius 1 is 0.852 bits per heavy atom. The number of rotatable bonds is 7. The van der Waals surface area contributed by atoms with Crippen molar-refractivity contribution in [2.75, 3.05) is 22.1 Å². The summed E-state index contributed by atoms with van der Waals surface area (Å²) >= 11 is 0. The molecule has 0 saturated carbocycles. The maximum atomic E-state index is 12.2. The van der Waals surface area contributed by atoms with Crippen LogP contribution in [0.2, 0.25) is 0 Å². The highest BCUT2D eigenvalue weighted by atomic mass is 16.2. The standard InChI is InChI=1S/C21H25N3O3/c1-4-17-5-7-19(8-6-17)23-21(27)13-14-24(16(3)26)20-11-9-18(10-12-20)22-15(2)25/h5-12H,4,13-14H2,1-3H3,(H,22,25)(H,23,27). The van der Waals surface area contributed by atoms with Crippen LogP contribution in [-0.4, -0.2) is 24.3 Å². The second kappa shape index (κ2) is 9.52. The first kappa shape index (κ1) is 20.2. The Kier molecular flexibility index (Phi) is 7.11. The Balaban J connectivity index is 1.96. The van der Waals surface area contributed by atoms with Crippen molar-refractivity contribution in [3.05, 3.63) is 54.1 Å². The van der Waals surface area contributed by atoms with Crippen LogP contribution in [0, 0.1) is 0 Å². The lowest BCUT2D eigenvalue weighted by Crippen LogP contribution is -2.31. The van der Waals surface area contributed by atoms with Crippen molar-refractivity contribution in [1.29, 1.82) is 0 Å². The van der Waals surface area contributed by atoms with E-state index in [2.05, 4.69) is 17.6 Å². The number of benzene rings is 2. The average Bonchev–Trinajstić information content (AvgIpc) is 2.63. The van der Waals surface area contributed by atoms with Crippen molar-refractivity contribution in [3.8, 4) is 0 Å². The van der Waals surface area contributed by atoms with E-state index in [1.807, 2.05) is 24.3 Å². The van der Waals surface area contributed by atoms with Crippen molar-refractivity contribution in [3.63, 3.8) is 0 Å². The van der Waals surface area contributed by atoms with Gasteiger partial charge in [0.25, 0.3) is 0 Å². The minimum absolute atomic E-state index is 0.151. The van der Waals surface area contributed by atoms with Gasteiger partial charge in [-0.2, -0.15) is 0 Å². The third-order valence-electron chi connectivity index (χ3n) is 4.09. The summed E-state index contributed by atoms with van der Waals surface area (Å²) in [7, 11) is 0. The fourth-order valence-corrected chi connectivity index (χ4v) is 2.66. The zero-order valence-electron chi connectivity index (χ0n) is 15.9. The van der Waals surface area contributed by atoms with Crippen LogP contribution >= 0.6 is 0 Å². The van der Waals surface area contributed by atoms with Crippen molar-refractivity contribution in [2.24, 2.45) is 0 Å². The summed E-state index contributed by atoms with van der Waals surface area (Å²) in [5.41, 5.74) is 3.28. The number of nitrogens with one attached hydrogen (secondary N) is 2. The van der Waals surface area contributed by atoms with Gasteiger partial charge in [-0.15, -0.1) is 0 Å². The number of carbonyl (C=O) groups is 3. The summed E-state index contributed by atoms with van der Waals surface area (Å²) in [6.45, 7) is 5.24. The fraction of sp³-hybridized carbons (Fsp3) is 0.286. The summed E-state index contributed by atoms with van der Waals surface area (Å²) < 4.78 is 0.